The Labute approximate surface area is 79.2 Å². The van der Waals surface area contributed by atoms with Crippen molar-refractivity contribution in [2.75, 3.05) is 12.5 Å². The number of hydrogen-bond donors (Lipinski definition) is 0. The van der Waals surface area contributed by atoms with E-state index in [4.69, 9.17) is 16.3 Å². The van der Waals surface area contributed by atoms with Crippen molar-refractivity contribution in [1.82, 2.24) is 0 Å². The Balaban J connectivity index is 3.33. The summed E-state index contributed by atoms with van der Waals surface area (Å²) in [7, 11) is 0. The van der Waals surface area contributed by atoms with Crippen molar-refractivity contribution in [3.63, 3.8) is 0 Å². The van der Waals surface area contributed by atoms with E-state index in [1.807, 2.05) is 0 Å². The quantitative estimate of drug-likeness (QED) is 0.478. The smallest absolute Gasteiger partial charge is 0.307 e. The Morgan fingerprint density at radius 2 is 2.25 bits per heavy atom. The van der Waals surface area contributed by atoms with Gasteiger partial charge in [0.1, 0.15) is 0 Å². The van der Waals surface area contributed by atoms with Crippen molar-refractivity contribution in [1.29, 1.82) is 0 Å². The predicted molar refractivity (Wildman–Crippen MR) is 50.4 cm³/mol. The second kappa shape index (κ2) is 7.41. The van der Waals surface area contributed by atoms with Gasteiger partial charge in [0, 0.05) is 5.88 Å². The van der Waals surface area contributed by atoms with Gasteiger partial charge in [-0.15, -0.1) is 11.6 Å². The Bertz CT molecular complexity index is 126. The number of alkyl halides is 1. The summed E-state index contributed by atoms with van der Waals surface area (Å²) < 4.78 is 4.97. The van der Waals surface area contributed by atoms with Crippen LogP contribution in [0.1, 0.15) is 33.1 Å². The molecule has 2 nitrogen and oxygen atoms in total. The van der Waals surface area contributed by atoms with Crippen molar-refractivity contribution in [2.24, 2.45) is 5.92 Å². The van der Waals surface area contributed by atoms with Crippen molar-refractivity contribution in [2.45, 2.75) is 33.1 Å². The average molecular weight is 193 g/mol. The van der Waals surface area contributed by atoms with Gasteiger partial charge in [-0.25, -0.2) is 0 Å². The first kappa shape index (κ1) is 11.8. The van der Waals surface area contributed by atoms with Crippen LogP contribution in [-0.2, 0) is 9.53 Å². The van der Waals surface area contributed by atoms with Crippen molar-refractivity contribution >= 4 is 17.6 Å². The summed E-state index contributed by atoms with van der Waals surface area (Å²) in [6, 6.07) is 0. The summed E-state index contributed by atoms with van der Waals surface area (Å²) in [4.78, 5) is 10.8. The lowest BCUT2D eigenvalue weighted by Gasteiger charge is -2.09. The van der Waals surface area contributed by atoms with Crippen LogP contribution in [0.25, 0.3) is 0 Å². The highest BCUT2D eigenvalue weighted by atomic mass is 35.5. The molecule has 0 saturated carbocycles. The number of halogens is 1. The molecule has 72 valence electrons. The number of ether oxygens (including phenoxy) is 1. The second-order valence-electron chi connectivity index (χ2n) is 3.02. The molecule has 0 aromatic heterocycles. The van der Waals surface area contributed by atoms with Crippen molar-refractivity contribution < 1.29 is 9.53 Å². The lowest BCUT2D eigenvalue weighted by atomic mass is 10.1. The minimum atomic E-state index is -0.187. The van der Waals surface area contributed by atoms with Gasteiger partial charge < -0.3 is 4.74 Å². The Morgan fingerprint density at radius 3 is 2.75 bits per heavy atom. The third-order valence-corrected chi connectivity index (χ3v) is 1.80. The molecule has 0 radical (unpaired) electrons. The summed E-state index contributed by atoms with van der Waals surface area (Å²) in [5, 5.41) is 0. The molecule has 0 rings (SSSR count). The van der Waals surface area contributed by atoms with Crippen LogP contribution in [0.3, 0.4) is 0 Å². The highest BCUT2D eigenvalue weighted by Crippen LogP contribution is 2.05. The molecule has 0 heterocycles. The van der Waals surface area contributed by atoms with E-state index in [0.29, 0.717) is 24.8 Å². The highest BCUT2D eigenvalue weighted by Gasteiger charge is 2.05. The first-order chi connectivity index (χ1) is 5.70. The maximum absolute atomic E-state index is 10.8. The third kappa shape index (κ3) is 6.47. The molecular formula is C9H17ClO2. The summed E-state index contributed by atoms with van der Waals surface area (Å²) >= 11 is 5.37. The summed E-state index contributed by atoms with van der Waals surface area (Å²) in [6.45, 7) is 4.73. The molecule has 0 N–H and O–H groups in total. The summed E-state index contributed by atoms with van der Waals surface area (Å²) in [5.74, 6) is 0.628. The van der Waals surface area contributed by atoms with Crippen LogP contribution in [0.5, 0.6) is 0 Å². The van der Waals surface area contributed by atoms with Gasteiger partial charge in [0.2, 0.25) is 0 Å². The van der Waals surface area contributed by atoms with E-state index in [2.05, 4.69) is 13.8 Å². The maximum atomic E-state index is 10.8. The predicted octanol–water partition coefficient (Wildman–Crippen LogP) is 2.59. The Morgan fingerprint density at radius 1 is 1.58 bits per heavy atom. The normalized spacial score (nSPS) is 12.6. The number of rotatable bonds is 6. The molecule has 1 unspecified atom stereocenters. The molecule has 0 saturated heterocycles. The maximum Gasteiger partial charge on any atom is 0.307 e. The van der Waals surface area contributed by atoms with E-state index < -0.39 is 0 Å². The van der Waals surface area contributed by atoms with Gasteiger partial charge >= 0.3 is 5.97 Å². The molecule has 0 aromatic rings. The zero-order chi connectivity index (χ0) is 9.40. The van der Waals surface area contributed by atoms with E-state index in [1.165, 1.54) is 0 Å². The van der Waals surface area contributed by atoms with E-state index >= 15 is 0 Å². The van der Waals surface area contributed by atoms with Crippen LogP contribution in [-0.4, -0.2) is 18.5 Å². The molecule has 0 amide bonds. The SMILES string of the molecule is CCCC(C)COC(=O)CCCl. The van der Waals surface area contributed by atoms with Gasteiger partial charge in [-0.1, -0.05) is 20.3 Å². The van der Waals surface area contributed by atoms with E-state index in [-0.39, 0.29) is 5.97 Å². The first-order valence-corrected chi connectivity index (χ1v) is 4.95. The Kier molecular flexibility index (Phi) is 7.26. The first-order valence-electron chi connectivity index (χ1n) is 4.42. The Hall–Kier alpha value is -0.240. The van der Waals surface area contributed by atoms with Crippen LogP contribution in [0.2, 0.25) is 0 Å². The summed E-state index contributed by atoms with van der Waals surface area (Å²) in [5.41, 5.74) is 0. The van der Waals surface area contributed by atoms with Crippen LogP contribution in [0.15, 0.2) is 0 Å². The molecule has 3 heteroatoms. The molecule has 1 atom stereocenters. The summed E-state index contributed by atoms with van der Waals surface area (Å²) in [6.07, 6.45) is 2.56. The van der Waals surface area contributed by atoms with Gasteiger partial charge in [-0.05, 0) is 12.3 Å². The molecule has 0 aliphatic rings. The fourth-order valence-electron chi connectivity index (χ4n) is 0.961. The van der Waals surface area contributed by atoms with Crippen LogP contribution >= 0.6 is 11.6 Å². The molecule has 0 aliphatic heterocycles. The van der Waals surface area contributed by atoms with Crippen molar-refractivity contribution in [3.8, 4) is 0 Å². The molecule has 0 aliphatic carbocycles. The standard InChI is InChI=1S/C9H17ClO2/c1-3-4-8(2)7-12-9(11)5-6-10/h8H,3-7H2,1-2H3. The third-order valence-electron chi connectivity index (χ3n) is 1.61. The van der Waals surface area contributed by atoms with Gasteiger partial charge in [0.25, 0.3) is 0 Å². The van der Waals surface area contributed by atoms with E-state index in [9.17, 15) is 4.79 Å². The fraction of sp³-hybridized carbons (Fsp3) is 0.889. The average Bonchev–Trinajstić information content (AvgIpc) is 2.02. The molecule has 0 fully saturated rings. The van der Waals surface area contributed by atoms with E-state index in [0.717, 1.165) is 12.8 Å². The molecule has 0 aromatic carbocycles. The van der Waals surface area contributed by atoms with Crippen LogP contribution in [0.4, 0.5) is 0 Å². The number of carbonyl (C=O) groups is 1. The van der Waals surface area contributed by atoms with Gasteiger partial charge in [-0.2, -0.15) is 0 Å². The number of esters is 1. The lowest BCUT2D eigenvalue weighted by Crippen LogP contribution is -2.11. The monoisotopic (exact) mass is 192 g/mol. The lowest BCUT2D eigenvalue weighted by molar-refractivity contribution is -0.144. The molecule has 0 spiro atoms. The zero-order valence-corrected chi connectivity index (χ0v) is 8.56. The van der Waals surface area contributed by atoms with Gasteiger partial charge in [0.05, 0.1) is 13.0 Å². The van der Waals surface area contributed by atoms with Gasteiger partial charge in [-0.3, -0.25) is 4.79 Å². The van der Waals surface area contributed by atoms with Crippen LogP contribution < -0.4 is 0 Å². The van der Waals surface area contributed by atoms with E-state index in [1.54, 1.807) is 0 Å². The minimum absolute atomic E-state index is 0.187. The largest absolute Gasteiger partial charge is 0.465 e. The zero-order valence-electron chi connectivity index (χ0n) is 7.81. The number of hydrogen-bond acceptors (Lipinski definition) is 2. The molecule has 0 bridgehead atoms. The van der Waals surface area contributed by atoms with Gasteiger partial charge in [0.15, 0.2) is 0 Å². The van der Waals surface area contributed by atoms with Crippen LogP contribution in [0, 0.1) is 5.92 Å². The number of carbonyl (C=O) groups excluding carboxylic acids is 1. The fourth-order valence-corrected chi connectivity index (χ4v) is 1.11. The topological polar surface area (TPSA) is 26.3 Å². The van der Waals surface area contributed by atoms with Crippen molar-refractivity contribution in [3.05, 3.63) is 0 Å². The minimum Gasteiger partial charge on any atom is -0.465 e. The highest BCUT2D eigenvalue weighted by molar-refractivity contribution is 6.18. The second-order valence-corrected chi connectivity index (χ2v) is 3.39. The molecular weight excluding hydrogens is 176 g/mol. The molecule has 12 heavy (non-hydrogen) atoms.